The van der Waals surface area contributed by atoms with Crippen LogP contribution >= 0.6 is 0 Å². The third kappa shape index (κ3) is 3.56. The predicted octanol–water partition coefficient (Wildman–Crippen LogP) is 0.414. The topological polar surface area (TPSA) is 130 Å². The summed E-state index contributed by atoms with van der Waals surface area (Å²) in [5.74, 6) is -3.35. The average molecular weight is 292 g/mol. The van der Waals surface area contributed by atoms with Crippen LogP contribution in [0.15, 0.2) is 28.8 Å². The molecule has 0 spiro atoms. The molecule has 21 heavy (non-hydrogen) atoms. The van der Waals surface area contributed by atoms with Crippen molar-refractivity contribution in [3.63, 3.8) is 0 Å². The quantitative estimate of drug-likeness (QED) is 0.703. The second kappa shape index (κ2) is 6.04. The Bertz CT molecular complexity index is 693. The number of carboxylic acids is 2. The first-order valence-corrected chi connectivity index (χ1v) is 6.04. The highest BCUT2D eigenvalue weighted by Crippen LogP contribution is 2.18. The fourth-order valence-electron chi connectivity index (χ4n) is 1.84. The smallest absolute Gasteiger partial charge is 0.326 e. The molecule has 1 atom stereocenters. The van der Waals surface area contributed by atoms with Crippen LogP contribution in [0.1, 0.15) is 12.1 Å². The van der Waals surface area contributed by atoms with Crippen LogP contribution in [-0.2, 0) is 20.8 Å². The molecule has 110 valence electrons. The minimum absolute atomic E-state index is 0.194. The lowest BCUT2D eigenvalue weighted by Crippen LogP contribution is -2.42. The second-order valence-corrected chi connectivity index (χ2v) is 4.36. The van der Waals surface area contributed by atoms with Gasteiger partial charge < -0.3 is 20.1 Å². The van der Waals surface area contributed by atoms with E-state index in [1.54, 1.807) is 24.3 Å². The van der Waals surface area contributed by atoms with Crippen LogP contribution in [0, 0.1) is 0 Å². The number of carboxylic acid groups (broad SMARTS) is 2. The zero-order chi connectivity index (χ0) is 15.4. The molecule has 0 aliphatic rings. The fourth-order valence-corrected chi connectivity index (χ4v) is 1.84. The largest absolute Gasteiger partial charge is 0.481 e. The van der Waals surface area contributed by atoms with Gasteiger partial charge in [-0.3, -0.25) is 9.59 Å². The molecule has 0 aliphatic heterocycles. The number of hydrogen-bond acceptors (Lipinski definition) is 5. The van der Waals surface area contributed by atoms with Crippen molar-refractivity contribution < 1.29 is 29.1 Å². The Balaban J connectivity index is 2.07. The third-order valence-corrected chi connectivity index (χ3v) is 2.79. The van der Waals surface area contributed by atoms with Gasteiger partial charge in [0.25, 0.3) is 0 Å². The molecule has 1 amide bonds. The molecule has 1 aromatic carbocycles. The monoisotopic (exact) mass is 292 g/mol. The molecule has 0 saturated heterocycles. The molecule has 8 nitrogen and oxygen atoms in total. The van der Waals surface area contributed by atoms with Crippen molar-refractivity contribution in [2.24, 2.45) is 0 Å². The van der Waals surface area contributed by atoms with E-state index in [1.165, 1.54) is 0 Å². The van der Waals surface area contributed by atoms with Crippen molar-refractivity contribution in [3.05, 3.63) is 30.0 Å². The van der Waals surface area contributed by atoms with Gasteiger partial charge in [-0.15, -0.1) is 0 Å². The van der Waals surface area contributed by atoms with E-state index in [0.717, 1.165) is 0 Å². The molecule has 3 N–H and O–H groups in total. The third-order valence-electron chi connectivity index (χ3n) is 2.79. The Morgan fingerprint density at radius 2 is 1.95 bits per heavy atom. The highest BCUT2D eigenvalue weighted by atomic mass is 16.5. The number of fused-ring (bicyclic) bond motifs is 1. The highest BCUT2D eigenvalue weighted by Gasteiger charge is 2.23. The lowest BCUT2D eigenvalue weighted by atomic mass is 10.1. The molecule has 0 unspecified atom stereocenters. The maximum absolute atomic E-state index is 11.8. The van der Waals surface area contributed by atoms with Crippen LogP contribution in [0.2, 0.25) is 0 Å². The summed E-state index contributed by atoms with van der Waals surface area (Å²) in [6.07, 6.45) is -0.888. The Morgan fingerprint density at radius 1 is 1.24 bits per heavy atom. The number of rotatable bonds is 6. The second-order valence-electron chi connectivity index (χ2n) is 4.36. The van der Waals surface area contributed by atoms with E-state index in [0.29, 0.717) is 16.7 Å². The number of carbonyl (C=O) groups is 3. The molecule has 2 aromatic rings. The molecule has 1 heterocycles. The molecular weight excluding hydrogens is 280 g/mol. The normalized spacial score (nSPS) is 12.0. The molecule has 0 aliphatic carbocycles. The number of nitrogens with zero attached hydrogens (tertiary/aromatic N) is 1. The van der Waals surface area contributed by atoms with Gasteiger partial charge in [-0.25, -0.2) is 4.79 Å². The van der Waals surface area contributed by atoms with E-state index >= 15 is 0 Å². The van der Waals surface area contributed by atoms with E-state index in [4.69, 9.17) is 14.7 Å². The van der Waals surface area contributed by atoms with Crippen molar-refractivity contribution in [1.29, 1.82) is 0 Å². The van der Waals surface area contributed by atoms with E-state index in [2.05, 4.69) is 10.5 Å². The zero-order valence-electron chi connectivity index (χ0n) is 10.8. The minimum Gasteiger partial charge on any atom is -0.481 e. The van der Waals surface area contributed by atoms with Gasteiger partial charge in [-0.05, 0) is 12.1 Å². The van der Waals surface area contributed by atoms with Gasteiger partial charge in [-0.2, -0.15) is 0 Å². The number of hydrogen-bond donors (Lipinski definition) is 3. The minimum atomic E-state index is -1.48. The lowest BCUT2D eigenvalue weighted by Gasteiger charge is -2.11. The highest BCUT2D eigenvalue weighted by molar-refractivity contribution is 5.90. The summed E-state index contributed by atoms with van der Waals surface area (Å²) in [5.41, 5.74) is 0.878. The standard InChI is InChI=1S/C13H12N2O6/c16-11(14-9(13(19)20)6-12(17)18)5-8-7-3-1-2-4-10(7)21-15-8/h1-4,9H,5-6H2,(H,14,16)(H,17,18)(H,19,20)/t9-/m0/s1. The van der Waals surface area contributed by atoms with E-state index in [1.807, 2.05) is 0 Å². The first-order chi connectivity index (χ1) is 9.97. The summed E-state index contributed by atoms with van der Waals surface area (Å²) < 4.78 is 5.03. The summed E-state index contributed by atoms with van der Waals surface area (Å²) in [6.45, 7) is 0. The Hall–Kier alpha value is -2.90. The first kappa shape index (κ1) is 14.5. The maximum atomic E-state index is 11.8. The number of aromatic nitrogens is 1. The van der Waals surface area contributed by atoms with E-state index < -0.39 is 30.3 Å². The van der Waals surface area contributed by atoms with E-state index in [-0.39, 0.29) is 6.42 Å². The van der Waals surface area contributed by atoms with Crippen molar-refractivity contribution >= 4 is 28.8 Å². The van der Waals surface area contributed by atoms with Crippen molar-refractivity contribution in [2.45, 2.75) is 18.9 Å². The molecular formula is C13H12N2O6. The van der Waals surface area contributed by atoms with E-state index in [9.17, 15) is 14.4 Å². The number of carbonyl (C=O) groups excluding carboxylic acids is 1. The van der Waals surface area contributed by atoms with Crippen LogP contribution in [-0.4, -0.2) is 39.3 Å². The van der Waals surface area contributed by atoms with Gasteiger partial charge in [0.2, 0.25) is 5.91 Å². The number of amides is 1. The van der Waals surface area contributed by atoms with Crippen LogP contribution in [0.5, 0.6) is 0 Å². The number of benzene rings is 1. The molecule has 0 bridgehead atoms. The van der Waals surface area contributed by atoms with Crippen molar-refractivity contribution in [1.82, 2.24) is 10.5 Å². The van der Waals surface area contributed by atoms with Gasteiger partial charge >= 0.3 is 11.9 Å². The number of nitrogens with one attached hydrogen (secondary N) is 1. The molecule has 0 fully saturated rings. The maximum Gasteiger partial charge on any atom is 0.326 e. The molecule has 0 radical (unpaired) electrons. The van der Waals surface area contributed by atoms with Crippen LogP contribution < -0.4 is 5.32 Å². The summed E-state index contributed by atoms with van der Waals surface area (Å²) in [7, 11) is 0. The first-order valence-electron chi connectivity index (χ1n) is 6.04. The summed E-state index contributed by atoms with van der Waals surface area (Å²) >= 11 is 0. The van der Waals surface area contributed by atoms with Gasteiger partial charge in [0.1, 0.15) is 11.7 Å². The van der Waals surface area contributed by atoms with Gasteiger partial charge in [0.05, 0.1) is 12.8 Å². The Labute approximate surface area is 118 Å². The zero-order valence-corrected chi connectivity index (χ0v) is 10.8. The molecule has 8 heteroatoms. The Kier molecular flexibility index (Phi) is 4.17. The molecule has 0 saturated carbocycles. The molecule has 2 rings (SSSR count). The molecule has 1 aromatic heterocycles. The SMILES string of the molecule is O=C(O)C[C@H](NC(=O)Cc1noc2ccccc12)C(=O)O. The van der Waals surface area contributed by atoms with Gasteiger partial charge in [0, 0.05) is 5.39 Å². The predicted molar refractivity (Wildman–Crippen MR) is 69.5 cm³/mol. The summed E-state index contributed by atoms with van der Waals surface area (Å²) in [5, 5.41) is 24.0. The van der Waals surface area contributed by atoms with Crippen LogP contribution in [0.25, 0.3) is 11.0 Å². The average Bonchev–Trinajstić information content (AvgIpc) is 2.81. The number of aliphatic carboxylic acids is 2. The van der Waals surface area contributed by atoms with Gasteiger partial charge in [0.15, 0.2) is 5.58 Å². The lowest BCUT2D eigenvalue weighted by molar-refractivity contribution is -0.147. The van der Waals surface area contributed by atoms with Crippen molar-refractivity contribution in [2.75, 3.05) is 0 Å². The summed E-state index contributed by atoms with van der Waals surface area (Å²) in [6, 6.07) is 5.44. The fraction of sp³-hybridized carbons (Fsp3) is 0.231. The van der Waals surface area contributed by atoms with Crippen molar-refractivity contribution in [3.8, 4) is 0 Å². The van der Waals surface area contributed by atoms with Gasteiger partial charge in [-0.1, -0.05) is 17.3 Å². The number of para-hydroxylation sites is 1. The van der Waals surface area contributed by atoms with Crippen LogP contribution in [0.4, 0.5) is 0 Å². The Morgan fingerprint density at radius 3 is 2.62 bits per heavy atom. The van der Waals surface area contributed by atoms with Crippen LogP contribution in [0.3, 0.4) is 0 Å². The summed E-state index contributed by atoms with van der Waals surface area (Å²) in [4.78, 5) is 33.2.